The van der Waals surface area contributed by atoms with Crippen molar-refractivity contribution in [1.82, 2.24) is 19.8 Å². The molecule has 8 nitrogen and oxygen atoms in total. The van der Waals surface area contributed by atoms with E-state index >= 15 is 0 Å². The summed E-state index contributed by atoms with van der Waals surface area (Å²) in [5, 5.41) is 12.7. The smallest absolute Gasteiger partial charge is 0.369 e. The fourth-order valence-corrected chi connectivity index (χ4v) is 2.75. The number of hydrogen-bond acceptors (Lipinski definition) is 6. The molecule has 2 heterocycles. The van der Waals surface area contributed by atoms with Gasteiger partial charge in [-0.15, -0.1) is 11.3 Å². The van der Waals surface area contributed by atoms with Crippen molar-refractivity contribution in [3.8, 4) is 10.8 Å². The summed E-state index contributed by atoms with van der Waals surface area (Å²) in [6.07, 6.45) is 0. The number of ether oxygens (including phenoxy) is 1. The van der Waals surface area contributed by atoms with Crippen LogP contribution in [0.1, 0.15) is 6.92 Å². The van der Waals surface area contributed by atoms with Gasteiger partial charge in [-0.25, -0.2) is 4.79 Å². The largest absolute Gasteiger partial charge is 0.492 e. The molecule has 2 aromatic heterocycles. The Balaban J connectivity index is 1.73. The van der Waals surface area contributed by atoms with Gasteiger partial charge in [0.2, 0.25) is 5.91 Å². The lowest BCUT2D eigenvalue weighted by Gasteiger charge is -2.10. The third-order valence-corrected chi connectivity index (χ3v) is 3.95. The first kappa shape index (κ1) is 15.9. The van der Waals surface area contributed by atoms with E-state index in [-0.39, 0.29) is 12.5 Å². The number of benzene rings is 1. The van der Waals surface area contributed by atoms with E-state index in [0.29, 0.717) is 23.0 Å². The topological polar surface area (TPSA) is 91.0 Å². The van der Waals surface area contributed by atoms with E-state index in [4.69, 9.17) is 4.74 Å². The Kier molecular flexibility index (Phi) is 4.71. The minimum absolute atomic E-state index is 0.231. The molecule has 124 valence electrons. The lowest BCUT2D eigenvalue weighted by Crippen LogP contribution is -2.29. The maximum Gasteiger partial charge on any atom is 0.369 e. The van der Waals surface area contributed by atoms with Gasteiger partial charge in [-0.2, -0.15) is 9.36 Å². The highest BCUT2D eigenvalue weighted by Gasteiger charge is 2.14. The van der Waals surface area contributed by atoms with Crippen LogP contribution >= 0.6 is 11.3 Å². The number of thiophene rings is 1. The molecule has 0 unspecified atom stereocenters. The normalized spacial score (nSPS) is 10.5. The maximum absolute atomic E-state index is 12.2. The van der Waals surface area contributed by atoms with Crippen LogP contribution in [-0.2, 0) is 11.3 Å². The summed E-state index contributed by atoms with van der Waals surface area (Å²) in [7, 11) is 0. The second-order valence-corrected chi connectivity index (χ2v) is 5.69. The summed E-state index contributed by atoms with van der Waals surface area (Å²) in [6.45, 7) is 2.12. The molecule has 0 spiro atoms. The van der Waals surface area contributed by atoms with Crippen molar-refractivity contribution in [2.24, 2.45) is 0 Å². The van der Waals surface area contributed by atoms with Crippen LogP contribution in [0, 0.1) is 0 Å². The molecule has 0 saturated carbocycles. The third kappa shape index (κ3) is 3.35. The van der Waals surface area contributed by atoms with Gasteiger partial charge in [-0.05, 0) is 47.0 Å². The van der Waals surface area contributed by atoms with Crippen molar-refractivity contribution < 1.29 is 9.53 Å². The van der Waals surface area contributed by atoms with Crippen molar-refractivity contribution >= 4 is 22.9 Å². The minimum Gasteiger partial charge on any atom is -0.492 e. The summed E-state index contributed by atoms with van der Waals surface area (Å²) in [5.41, 5.74) is 0.0775. The third-order valence-electron chi connectivity index (χ3n) is 3.11. The van der Waals surface area contributed by atoms with Gasteiger partial charge in [0.1, 0.15) is 17.3 Å². The maximum atomic E-state index is 12.2. The van der Waals surface area contributed by atoms with Crippen LogP contribution in [-0.4, -0.2) is 32.3 Å². The van der Waals surface area contributed by atoms with Crippen LogP contribution in [0.5, 0.6) is 5.75 Å². The number of aromatic nitrogens is 4. The van der Waals surface area contributed by atoms with Crippen LogP contribution in [0.15, 0.2) is 46.6 Å². The van der Waals surface area contributed by atoms with Crippen molar-refractivity contribution in [3.05, 3.63) is 52.3 Å². The summed E-state index contributed by atoms with van der Waals surface area (Å²) in [6, 6.07) is 10.7. The molecule has 0 aliphatic rings. The number of nitrogens with zero attached hydrogens (tertiary/aromatic N) is 4. The van der Waals surface area contributed by atoms with Crippen molar-refractivity contribution in [2.75, 3.05) is 11.9 Å². The standard InChI is InChI=1S/C15H15N5O3S/c1-2-23-12-7-4-3-6-11(12)16-13(21)10-19-15(22)20(18-17-19)14-8-5-9-24-14/h3-9H,2,10H2,1H3,(H,16,21). The molecule has 0 aliphatic heterocycles. The van der Waals surface area contributed by atoms with E-state index in [2.05, 4.69) is 15.7 Å². The monoisotopic (exact) mass is 345 g/mol. The number of carbonyl (C=O) groups is 1. The SMILES string of the molecule is CCOc1ccccc1NC(=O)Cn1nnn(-c2cccs2)c1=O. The average molecular weight is 345 g/mol. The van der Waals surface area contributed by atoms with Gasteiger partial charge in [-0.3, -0.25) is 4.79 Å². The summed E-state index contributed by atoms with van der Waals surface area (Å²) >= 11 is 1.36. The van der Waals surface area contributed by atoms with Crippen molar-refractivity contribution in [2.45, 2.75) is 13.5 Å². The predicted molar refractivity (Wildman–Crippen MR) is 89.7 cm³/mol. The molecule has 1 amide bonds. The molecule has 9 heteroatoms. The Labute approximate surface area is 141 Å². The zero-order valence-electron chi connectivity index (χ0n) is 12.9. The summed E-state index contributed by atoms with van der Waals surface area (Å²) < 4.78 is 7.62. The molecule has 1 aromatic carbocycles. The number of hydrogen-bond donors (Lipinski definition) is 1. The molecule has 0 radical (unpaired) electrons. The van der Waals surface area contributed by atoms with Gasteiger partial charge in [0, 0.05) is 0 Å². The number of nitrogens with one attached hydrogen (secondary N) is 1. The first-order valence-corrected chi connectivity index (χ1v) is 8.15. The minimum atomic E-state index is -0.467. The molecule has 0 bridgehead atoms. The molecule has 0 atom stereocenters. The Bertz CT molecular complexity index is 885. The Morgan fingerprint density at radius 1 is 1.25 bits per heavy atom. The van der Waals surface area contributed by atoms with Crippen LogP contribution in [0.3, 0.4) is 0 Å². The lowest BCUT2D eigenvalue weighted by molar-refractivity contribution is -0.117. The van der Waals surface area contributed by atoms with E-state index in [0.717, 1.165) is 9.36 Å². The molecular weight excluding hydrogens is 330 g/mol. The zero-order chi connectivity index (χ0) is 16.9. The second kappa shape index (κ2) is 7.09. The van der Waals surface area contributed by atoms with Crippen LogP contribution in [0.25, 0.3) is 5.00 Å². The Hall–Kier alpha value is -2.94. The van der Waals surface area contributed by atoms with Gasteiger partial charge >= 0.3 is 5.69 Å². The second-order valence-electron chi connectivity index (χ2n) is 4.76. The van der Waals surface area contributed by atoms with Gasteiger partial charge in [0.15, 0.2) is 0 Å². The number of rotatable bonds is 6. The highest BCUT2D eigenvalue weighted by Crippen LogP contribution is 2.23. The van der Waals surface area contributed by atoms with Gasteiger partial charge in [0.25, 0.3) is 0 Å². The number of anilines is 1. The first-order valence-electron chi connectivity index (χ1n) is 7.27. The number of tetrazole rings is 1. The number of carbonyl (C=O) groups excluding carboxylic acids is 1. The lowest BCUT2D eigenvalue weighted by atomic mass is 10.3. The molecule has 0 aliphatic carbocycles. The fourth-order valence-electron chi connectivity index (χ4n) is 2.08. The van der Waals surface area contributed by atoms with E-state index < -0.39 is 5.69 Å². The predicted octanol–water partition coefficient (Wildman–Crippen LogP) is 1.53. The van der Waals surface area contributed by atoms with Gasteiger partial charge in [0.05, 0.1) is 12.3 Å². The molecule has 24 heavy (non-hydrogen) atoms. The van der Waals surface area contributed by atoms with Gasteiger partial charge < -0.3 is 10.1 Å². The first-order chi connectivity index (χ1) is 11.7. The van der Waals surface area contributed by atoms with Gasteiger partial charge in [-0.1, -0.05) is 12.1 Å². The molecule has 3 rings (SSSR count). The van der Waals surface area contributed by atoms with E-state index in [1.807, 2.05) is 24.4 Å². The van der Waals surface area contributed by atoms with E-state index in [1.165, 1.54) is 11.3 Å². The fraction of sp³-hybridized carbons (Fsp3) is 0.200. The van der Waals surface area contributed by atoms with Crippen LogP contribution in [0.2, 0.25) is 0 Å². The quantitative estimate of drug-likeness (QED) is 0.731. The molecule has 1 N–H and O–H groups in total. The van der Waals surface area contributed by atoms with Crippen molar-refractivity contribution in [3.63, 3.8) is 0 Å². The highest BCUT2D eigenvalue weighted by molar-refractivity contribution is 7.12. The molecule has 3 aromatic rings. The molecule has 0 fully saturated rings. The Morgan fingerprint density at radius 3 is 2.83 bits per heavy atom. The number of amides is 1. The molecule has 0 saturated heterocycles. The summed E-state index contributed by atoms with van der Waals surface area (Å²) in [5.74, 6) is 0.186. The van der Waals surface area contributed by atoms with Crippen molar-refractivity contribution in [1.29, 1.82) is 0 Å². The molecular formula is C15H15N5O3S. The average Bonchev–Trinajstić information content (AvgIpc) is 3.20. The zero-order valence-corrected chi connectivity index (χ0v) is 13.7. The van der Waals surface area contributed by atoms with Crippen LogP contribution in [0.4, 0.5) is 5.69 Å². The van der Waals surface area contributed by atoms with E-state index in [9.17, 15) is 9.59 Å². The Morgan fingerprint density at radius 2 is 2.08 bits per heavy atom. The summed E-state index contributed by atoms with van der Waals surface area (Å²) in [4.78, 5) is 24.4. The van der Waals surface area contributed by atoms with Crippen LogP contribution < -0.4 is 15.7 Å². The van der Waals surface area contributed by atoms with E-state index in [1.54, 1.807) is 24.3 Å². The number of para-hydroxylation sites is 2. The highest BCUT2D eigenvalue weighted by atomic mass is 32.1.